The van der Waals surface area contributed by atoms with E-state index in [2.05, 4.69) is 19.8 Å². The first-order valence-electron chi connectivity index (χ1n) is 1.47. The first-order chi connectivity index (χ1) is 1.91. The molecule has 3 heteroatoms. The summed E-state index contributed by atoms with van der Waals surface area (Å²) >= 11 is 3.62. The Kier molecular flexibility index (Phi) is 19.6. The fraction of sp³-hybridized carbons (Fsp3) is 1.00. The van der Waals surface area contributed by atoms with Crippen LogP contribution in [0.2, 0.25) is 4.55 Å². The van der Waals surface area contributed by atoms with Crippen LogP contribution >= 0.6 is 12.9 Å². The van der Waals surface area contributed by atoms with Gasteiger partial charge in [-0.05, 0) is 0 Å². The van der Waals surface area contributed by atoms with E-state index in [0.717, 1.165) is 0 Å². The Balaban J connectivity index is 0. The molecule has 0 amide bonds. The van der Waals surface area contributed by atoms with Crippen LogP contribution in [0.15, 0.2) is 0 Å². The zero-order chi connectivity index (χ0) is 3.41. The summed E-state index contributed by atoms with van der Waals surface area (Å²) in [6, 6.07) is 0. The van der Waals surface area contributed by atoms with Crippen molar-refractivity contribution < 1.29 is 0 Å². The Morgan fingerprint density at radius 1 is 1.80 bits per heavy atom. The predicted molar refractivity (Wildman–Crippen MR) is 32.3 cm³/mol. The fourth-order valence-corrected chi connectivity index (χ4v) is 0. The van der Waals surface area contributed by atoms with Crippen LogP contribution in [0, 0.1) is 0 Å². The summed E-state index contributed by atoms with van der Waals surface area (Å²) in [6.45, 7) is 2.20. The molecule has 0 aromatic rings. The third-order valence-electron chi connectivity index (χ3n) is 0.189. The number of hydrogen-bond donors (Lipinski definition) is 0. The van der Waals surface area contributed by atoms with Crippen molar-refractivity contribution in [3.05, 3.63) is 0 Å². The Hall–Kier alpha value is 2.25. The molecule has 24 valence electrons. The second kappa shape index (κ2) is 9.53. The minimum atomic E-state index is 0. The Morgan fingerprint density at radius 3 is 2.00 bits per heavy atom. The SMILES string of the molecule is C[CH2][Mg][Br].[NaH]. The average Bonchev–Trinajstić information content (AvgIpc) is 1.37. The standard InChI is InChI=1S/C2H5.BrH.Mg.Na.H/c1-2;;;;/h1H2,2H3;1H;;;/q;;+1;;/p-1. The van der Waals surface area contributed by atoms with E-state index in [1.807, 2.05) is 0 Å². The Labute approximate surface area is 71.0 Å². The molecule has 0 aliphatic carbocycles. The second-order valence-electron chi connectivity index (χ2n) is 0.689. The van der Waals surface area contributed by atoms with Crippen molar-refractivity contribution >= 4 is 60.6 Å². The molecular formula is C2H6BrMgNa. The van der Waals surface area contributed by atoms with Crippen LogP contribution in [0.5, 0.6) is 0 Å². The molecule has 0 radical (unpaired) electrons. The van der Waals surface area contributed by atoms with Gasteiger partial charge in [0.1, 0.15) is 0 Å². The third-order valence-corrected chi connectivity index (χ3v) is 2.95. The van der Waals surface area contributed by atoms with Gasteiger partial charge in [0.15, 0.2) is 0 Å². The summed E-state index contributed by atoms with van der Waals surface area (Å²) in [5, 5.41) is 0. The van der Waals surface area contributed by atoms with Crippen molar-refractivity contribution in [3.63, 3.8) is 0 Å². The Bertz CT molecular complexity index is 11.6. The molecule has 0 rings (SSSR count). The van der Waals surface area contributed by atoms with Crippen LogP contribution in [0.1, 0.15) is 6.92 Å². The quantitative estimate of drug-likeness (QED) is 0.494. The van der Waals surface area contributed by atoms with Gasteiger partial charge in [-0.15, -0.1) is 4.55 Å². The van der Waals surface area contributed by atoms with Gasteiger partial charge in [-0.3, -0.25) is 0 Å². The van der Waals surface area contributed by atoms with E-state index in [0.29, 0.717) is 0 Å². The monoisotopic (exact) mass is 156 g/mol. The summed E-state index contributed by atoms with van der Waals surface area (Å²) in [4.78, 5) is 0. The summed E-state index contributed by atoms with van der Waals surface area (Å²) in [6.07, 6.45) is 0. The van der Waals surface area contributed by atoms with Gasteiger partial charge in [0.2, 0.25) is 0 Å². The molecule has 0 aromatic carbocycles. The number of hydrogen-bond acceptors (Lipinski definition) is 0. The van der Waals surface area contributed by atoms with Crippen LogP contribution in [0.25, 0.3) is 0 Å². The third kappa shape index (κ3) is 10.7. The van der Waals surface area contributed by atoms with Crippen LogP contribution in [-0.2, 0) is 0 Å². The van der Waals surface area contributed by atoms with Crippen LogP contribution in [0.3, 0.4) is 0 Å². The molecule has 0 atom stereocenters. The molecule has 0 fully saturated rings. The topological polar surface area (TPSA) is 0 Å². The molecule has 5 heavy (non-hydrogen) atoms. The maximum absolute atomic E-state index is 3.39. The molecule has 0 N–H and O–H groups in total. The van der Waals surface area contributed by atoms with Crippen molar-refractivity contribution in [1.29, 1.82) is 0 Å². The predicted octanol–water partition coefficient (Wildman–Crippen LogP) is 0.790. The fourth-order valence-electron chi connectivity index (χ4n) is 0. The van der Waals surface area contributed by atoms with Gasteiger partial charge in [0, 0.05) is 0 Å². The van der Waals surface area contributed by atoms with Crippen LogP contribution < -0.4 is 0 Å². The number of rotatable bonds is 1. The van der Waals surface area contributed by atoms with Crippen molar-refractivity contribution in [3.8, 4) is 0 Å². The molecule has 0 nitrogen and oxygen atoms in total. The van der Waals surface area contributed by atoms with E-state index in [9.17, 15) is 0 Å². The van der Waals surface area contributed by atoms with E-state index in [1.165, 1.54) is 4.55 Å². The summed E-state index contributed by atoms with van der Waals surface area (Å²) in [7, 11) is 0. The molecule has 0 unspecified atom stereocenters. The summed E-state index contributed by atoms with van der Waals surface area (Å²) in [5.41, 5.74) is 0. The average molecular weight is 157 g/mol. The second-order valence-corrected chi connectivity index (χ2v) is 4.45. The molecule has 0 aliphatic heterocycles. The van der Waals surface area contributed by atoms with Gasteiger partial charge in [-0.25, -0.2) is 0 Å². The zero-order valence-electron chi connectivity index (χ0n) is 2.79. The first kappa shape index (κ1) is 10.3. The summed E-state index contributed by atoms with van der Waals surface area (Å²) < 4.78 is 1.38. The molecule has 0 bridgehead atoms. The van der Waals surface area contributed by atoms with E-state index in [-0.39, 0.29) is 47.8 Å². The van der Waals surface area contributed by atoms with Gasteiger partial charge in [0.05, 0.1) is 0 Å². The van der Waals surface area contributed by atoms with Gasteiger partial charge >= 0.3 is 47.8 Å². The van der Waals surface area contributed by atoms with Crippen molar-refractivity contribution in [1.82, 2.24) is 0 Å². The van der Waals surface area contributed by atoms with Gasteiger partial charge in [-0.1, -0.05) is 6.92 Å². The van der Waals surface area contributed by atoms with E-state index in [4.69, 9.17) is 0 Å². The molecular weight excluding hydrogens is 151 g/mol. The molecule has 0 aromatic heterocycles. The van der Waals surface area contributed by atoms with Gasteiger partial charge < -0.3 is 12.9 Å². The van der Waals surface area contributed by atoms with Crippen LogP contribution in [-0.4, -0.2) is 47.8 Å². The van der Waals surface area contributed by atoms with Crippen LogP contribution in [0.4, 0.5) is 0 Å². The van der Waals surface area contributed by atoms with Gasteiger partial charge in [0.25, 0.3) is 0 Å². The molecule has 0 heterocycles. The minimum absolute atomic E-state index is 0. The van der Waals surface area contributed by atoms with Crippen molar-refractivity contribution in [2.75, 3.05) is 0 Å². The molecule has 0 saturated carbocycles. The van der Waals surface area contributed by atoms with E-state index >= 15 is 0 Å². The maximum atomic E-state index is 3.39. The first-order valence-corrected chi connectivity index (χ1v) is 6.37. The normalized spacial score (nSPS) is 4.40. The Morgan fingerprint density at radius 2 is 2.00 bits per heavy atom. The molecule has 0 saturated heterocycles. The van der Waals surface area contributed by atoms with Crippen molar-refractivity contribution in [2.24, 2.45) is 0 Å². The van der Waals surface area contributed by atoms with Crippen molar-refractivity contribution in [2.45, 2.75) is 11.5 Å². The van der Waals surface area contributed by atoms with E-state index in [1.54, 1.807) is 0 Å². The molecule has 0 aliphatic rings. The summed E-state index contributed by atoms with van der Waals surface area (Å²) in [5.74, 6) is 0. The molecule has 0 spiro atoms. The van der Waals surface area contributed by atoms with E-state index < -0.39 is 0 Å². The van der Waals surface area contributed by atoms with Gasteiger partial charge in [-0.2, -0.15) is 0 Å². The number of halogens is 1. The zero-order valence-corrected chi connectivity index (χ0v) is 5.79.